The van der Waals surface area contributed by atoms with Crippen LogP contribution < -0.4 is 15.8 Å². The molecule has 7 nitrogen and oxygen atoms in total. The molecule has 0 aliphatic carbocycles. The number of halogens is 2. The second-order valence-corrected chi connectivity index (χ2v) is 7.58. The van der Waals surface area contributed by atoms with Gasteiger partial charge in [0.15, 0.2) is 5.96 Å². The number of likely N-dealkylation sites (tertiary alicyclic amines) is 1. The van der Waals surface area contributed by atoms with Crippen LogP contribution in [-0.2, 0) is 6.54 Å². The van der Waals surface area contributed by atoms with Gasteiger partial charge in [-0.25, -0.2) is 4.98 Å². The second-order valence-electron chi connectivity index (χ2n) is 7.17. The third-order valence-electron chi connectivity index (χ3n) is 5.08. The van der Waals surface area contributed by atoms with E-state index in [2.05, 4.69) is 20.2 Å². The van der Waals surface area contributed by atoms with E-state index in [1.54, 1.807) is 19.2 Å². The van der Waals surface area contributed by atoms with E-state index in [0.29, 0.717) is 29.2 Å². The number of methoxy groups -OCH3 is 1. The predicted octanol–water partition coefficient (Wildman–Crippen LogP) is 4.21. The Morgan fingerprint density at radius 3 is 2.69 bits per heavy atom. The van der Waals surface area contributed by atoms with Gasteiger partial charge >= 0.3 is 0 Å². The van der Waals surface area contributed by atoms with Crippen molar-refractivity contribution in [3.8, 4) is 5.75 Å². The number of nitrogens with zero attached hydrogens (tertiary/aromatic N) is 3. The van der Waals surface area contributed by atoms with E-state index in [0.717, 1.165) is 55.5 Å². The molecule has 1 aromatic carbocycles. The molecule has 1 aliphatic rings. The lowest BCUT2D eigenvalue weighted by Crippen LogP contribution is -2.34. The minimum atomic E-state index is 0. The average molecular weight is 534 g/mol. The van der Waals surface area contributed by atoms with Crippen molar-refractivity contribution in [2.24, 2.45) is 16.6 Å². The largest absolute Gasteiger partial charge is 0.495 e. The van der Waals surface area contributed by atoms with Crippen molar-refractivity contribution in [1.29, 1.82) is 0 Å². The highest BCUT2D eigenvalue weighted by Gasteiger charge is 2.20. The monoisotopic (exact) mass is 533 g/mol. The zero-order valence-electron chi connectivity index (χ0n) is 17.1. The van der Waals surface area contributed by atoms with Gasteiger partial charge in [-0.05, 0) is 63.9 Å². The van der Waals surface area contributed by atoms with E-state index in [1.807, 2.05) is 19.9 Å². The minimum Gasteiger partial charge on any atom is -0.495 e. The average Bonchev–Trinajstić information content (AvgIpc) is 2.98. The fourth-order valence-corrected chi connectivity index (χ4v) is 3.54. The van der Waals surface area contributed by atoms with Crippen LogP contribution in [0.2, 0.25) is 5.02 Å². The highest BCUT2D eigenvalue weighted by molar-refractivity contribution is 14.0. The number of benzene rings is 1. The fraction of sp³-hybridized carbons (Fsp3) is 0.500. The first-order chi connectivity index (χ1) is 13.4. The van der Waals surface area contributed by atoms with Crippen molar-refractivity contribution in [3.63, 3.8) is 0 Å². The number of nitrogens with one attached hydrogen (secondary N) is 1. The molecule has 0 spiro atoms. The lowest BCUT2D eigenvalue weighted by atomic mass is 9.97. The number of hydrogen-bond donors (Lipinski definition) is 2. The van der Waals surface area contributed by atoms with E-state index in [9.17, 15) is 0 Å². The van der Waals surface area contributed by atoms with Crippen molar-refractivity contribution in [3.05, 3.63) is 40.6 Å². The quantitative estimate of drug-likeness (QED) is 0.329. The van der Waals surface area contributed by atoms with Gasteiger partial charge in [0, 0.05) is 12.2 Å². The molecule has 1 saturated heterocycles. The van der Waals surface area contributed by atoms with E-state index in [1.165, 1.54) is 0 Å². The first kappa shape index (κ1) is 23.8. The number of ether oxygens (including phenoxy) is 1. The van der Waals surface area contributed by atoms with Gasteiger partial charge in [-0.2, -0.15) is 0 Å². The molecule has 1 aromatic heterocycles. The van der Waals surface area contributed by atoms with Crippen molar-refractivity contribution in [2.45, 2.75) is 33.2 Å². The summed E-state index contributed by atoms with van der Waals surface area (Å²) in [5, 5.41) is 3.61. The molecular weight excluding hydrogens is 505 g/mol. The van der Waals surface area contributed by atoms with Gasteiger partial charge in [0.05, 0.1) is 24.4 Å². The lowest BCUT2D eigenvalue weighted by molar-refractivity contribution is 0.166. The minimum absolute atomic E-state index is 0. The van der Waals surface area contributed by atoms with Crippen LogP contribution in [0.3, 0.4) is 0 Å². The SMILES string of the molecule is COc1ccc(NC(N)=NCC2CCN(Cc3nc(C)c(C)o3)CC2)cc1Cl.I. The Morgan fingerprint density at radius 1 is 1.38 bits per heavy atom. The molecule has 9 heteroatoms. The Labute approximate surface area is 194 Å². The number of piperidine rings is 1. The Kier molecular flexibility index (Phi) is 9.04. The maximum absolute atomic E-state index is 6.13. The van der Waals surface area contributed by atoms with Crippen LogP contribution in [0.15, 0.2) is 27.6 Å². The summed E-state index contributed by atoms with van der Waals surface area (Å²) in [7, 11) is 1.59. The standard InChI is InChI=1S/C20H28ClN5O2.HI/c1-13-14(2)28-19(24-13)12-26-8-6-15(7-9-26)11-23-20(22)25-16-4-5-18(27-3)17(21)10-16;/h4-5,10,15H,6-9,11-12H2,1-3H3,(H3,22,23,25);1H. The first-order valence-corrected chi connectivity index (χ1v) is 9.88. The molecule has 29 heavy (non-hydrogen) atoms. The van der Waals surface area contributed by atoms with Gasteiger partial charge in [0.1, 0.15) is 11.5 Å². The first-order valence-electron chi connectivity index (χ1n) is 9.50. The number of anilines is 1. The zero-order chi connectivity index (χ0) is 20.1. The highest BCUT2D eigenvalue weighted by atomic mass is 127. The molecule has 0 unspecified atom stereocenters. The third kappa shape index (κ3) is 6.75. The molecule has 1 aliphatic heterocycles. The lowest BCUT2D eigenvalue weighted by Gasteiger charge is -2.30. The van der Waals surface area contributed by atoms with Gasteiger partial charge in [-0.15, -0.1) is 24.0 Å². The van der Waals surface area contributed by atoms with Gasteiger partial charge in [-0.1, -0.05) is 11.6 Å². The van der Waals surface area contributed by atoms with E-state index in [4.69, 9.17) is 26.5 Å². The second kappa shape index (κ2) is 11.0. The number of aromatic nitrogens is 1. The summed E-state index contributed by atoms with van der Waals surface area (Å²) in [4.78, 5) is 11.3. The third-order valence-corrected chi connectivity index (χ3v) is 5.38. The molecular formula is C20H29ClIN5O2. The number of hydrogen-bond acceptors (Lipinski definition) is 5. The number of guanidine groups is 1. The number of aryl methyl sites for hydroxylation is 2. The van der Waals surface area contributed by atoms with Crippen LogP contribution in [0.5, 0.6) is 5.75 Å². The smallest absolute Gasteiger partial charge is 0.208 e. The summed E-state index contributed by atoms with van der Waals surface area (Å²) < 4.78 is 10.8. The molecule has 0 saturated carbocycles. The van der Waals surface area contributed by atoms with Crippen LogP contribution in [0.25, 0.3) is 0 Å². The topological polar surface area (TPSA) is 88.9 Å². The summed E-state index contributed by atoms with van der Waals surface area (Å²) in [5.41, 5.74) is 7.79. The molecule has 0 bridgehead atoms. The van der Waals surface area contributed by atoms with Gasteiger partial charge < -0.3 is 20.2 Å². The van der Waals surface area contributed by atoms with Gasteiger partial charge in [0.2, 0.25) is 5.89 Å². The molecule has 0 amide bonds. The van der Waals surface area contributed by atoms with Crippen LogP contribution in [0, 0.1) is 19.8 Å². The van der Waals surface area contributed by atoms with Crippen molar-refractivity contribution < 1.29 is 9.15 Å². The Hall–Kier alpha value is -1.52. The Bertz CT molecular complexity index is 815. The molecule has 2 aromatic rings. The molecule has 2 heterocycles. The molecule has 160 valence electrons. The number of rotatable bonds is 6. The maximum atomic E-state index is 6.13. The van der Waals surface area contributed by atoms with E-state index in [-0.39, 0.29) is 24.0 Å². The number of oxazole rings is 1. The van der Waals surface area contributed by atoms with Crippen molar-refractivity contribution >= 4 is 47.2 Å². The molecule has 3 rings (SSSR count). The summed E-state index contributed by atoms with van der Waals surface area (Å²) in [5.74, 6) is 3.27. The molecule has 3 N–H and O–H groups in total. The number of aliphatic imine (C=N–C) groups is 1. The van der Waals surface area contributed by atoms with Crippen LogP contribution in [-0.4, -0.2) is 42.6 Å². The highest BCUT2D eigenvalue weighted by Crippen LogP contribution is 2.27. The normalized spacial score (nSPS) is 15.8. The fourth-order valence-electron chi connectivity index (χ4n) is 3.28. The predicted molar refractivity (Wildman–Crippen MR) is 128 cm³/mol. The van der Waals surface area contributed by atoms with Crippen molar-refractivity contribution in [1.82, 2.24) is 9.88 Å². The van der Waals surface area contributed by atoms with E-state index < -0.39 is 0 Å². The number of nitrogens with two attached hydrogens (primary N) is 1. The van der Waals surface area contributed by atoms with Crippen LogP contribution in [0.4, 0.5) is 5.69 Å². The molecule has 1 fully saturated rings. The van der Waals surface area contributed by atoms with Gasteiger partial charge in [0.25, 0.3) is 0 Å². The summed E-state index contributed by atoms with van der Waals surface area (Å²) in [6.07, 6.45) is 2.17. The maximum Gasteiger partial charge on any atom is 0.208 e. The van der Waals surface area contributed by atoms with Gasteiger partial charge in [-0.3, -0.25) is 9.89 Å². The summed E-state index contributed by atoms with van der Waals surface area (Å²) in [6, 6.07) is 5.43. The van der Waals surface area contributed by atoms with Crippen LogP contribution in [0.1, 0.15) is 30.2 Å². The Morgan fingerprint density at radius 2 is 2.10 bits per heavy atom. The molecule has 0 atom stereocenters. The Balaban J connectivity index is 0.00000300. The summed E-state index contributed by atoms with van der Waals surface area (Å²) >= 11 is 6.13. The zero-order valence-corrected chi connectivity index (χ0v) is 20.2. The molecule has 0 radical (unpaired) electrons. The van der Waals surface area contributed by atoms with E-state index >= 15 is 0 Å². The summed E-state index contributed by atoms with van der Waals surface area (Å²) in [6.45, 7) is 7.45. The van der Waals surface area contributed by atoms with Crippen molar-refractivity contribution in [2.75, 3.05) is 32.1 Å². The van der Waals surface area contributed by atoms with Crippen LogP contribution >= 0.6 is 35.6 Å².